The van der Waals surface area contributed by atoms with Crippen molar-refractivity contribution in [1.82, 2.24) is 20.0 Å². The van der Waals surface area contributed by atoms with Crippen LogP contribution in [-0.4, -0.2) is 24.9 Å². The van der Waals surface area contributed by atoms with Crippen LogP contribution in [0.5, 0.6) is 0 Å². The van der Waals surface area contributed by atoms with Crippen LogP contribution in [0, 0.1) is 0 Å². The third-order valence-electron chi connectivity index (χ3n) is 2.55. The van der Waals surface area contributed by atoms with Gasteiger partial charge >= 0.3 is 0 Å². The van der Waals surface area contributed by atoms with Gasteiger partial charge in [-0.25, -0.2) is 23.1 Å². The normalized spacial score (nSPS) is 11.7. The van der Waals surface area contributed by atoms with Gasteiger partial charge in [0, 0.05) is 24.3 Å². The van der Waals surface area contributed by atoms with Gasteiger partial charge in [-0.1, -0.05) is 13.0 Å². The van der Waals surface area contributed by atoms with Crippen LogP contribution in [0.3, 0.4) is 0 Å². The van der Waals surface area contributed by atoms with Gasteiger partial charge in [-0.05, 0) is 18.2 Å². The second-order valence-electron chi connectivity index (χ2n) is 4.04. The first-order valence-electron chi connectivity index (χ1n) is 6.15. The average Bonchev–Trinajstić information content (AvgIpc) is 2.97. The van der Waals surface area contributed by atoms with Gasteiger partial charge < -0.3 is 5.32 Å². The predicted octanol–water partition coefficient (Wildman–Crippen LogP) is 1.13. The number of nitrogens with zero attached hydrogens (tertiary/aromatic N) is 2. The summed E-state index contributed by atoms with van der Waals surface area (Å²) in [6.07, 6.45) is 3.21. The fraction of sp³-hybridized carbons (Fsp3) is 0.333. The highest BCUT2D eigenvalue weighted by Crippen LogP contribution is 2.09. The molecule has 2 N–H and O–H groups in total. The molecule has 108 valence electrons. The standard InChI is InChI=1S/C12H16N4O2S2/c1-2-13-7-10-3-4-12(15-8-10)20(17,18)16-9-11-14-5-6-19-11/h3-6,8,13,16H,2,7,9H2,1H3. The molecule has 0 spiro atoms. The van der Waals surface area contributed by atoms with E-state index in [1.807, 2.05) is 6.92 Å². The van der Waals surface area contributed by atoms with Crippen LogP contribution in [0.2, 0.25) is 0 Å². The number of nitrogens with one attached hydrogen (secondary N) is 2. The summed E-state index contributed by atoms with van der Waals surface area (Å²) in [5.74, 6) is 0. The molecule has 8 heteroatoms. The van der Waals surface area contributed by atoms with Crippen molar-refractivity contribution in [2.75, 3.05) is 6.54 Å². The first kappa shape index (κ1) is 15.0. The minimum Gasteiger partial charge on any atom is -0.313 e. The second kappa shape index (κ2) is 6.89. The van der Waals surface area contributed by atoms with E-state index in [1.165, 1.54) is 17.4 Å². The number of sulfonamides is 1. The van der Waals surface area contributed by atoms with Crippen molar-refractivity contribution in [3.05, 3.63) is 40.5 Å². The molecule has 0 saturated heterocycles. The molecule has 0 saturated carbocycles. The quantitative estimate of drug-likeness (QED) is 0.800. The SMILES string of the molecule is CCNCc1ccc(S(=O)(=O)NCc2nccs2)nc1. The number of hydrogen-bond acceptors (Lipinski definition) is 6. The van der Waals surface area contributed by atoms with Gasteiger partial charge in [0.2, 0.25) is 0 Å². The zero-order valence-electron chi connectivity index (χ0n) is 11.0. The molecule has 0 aliphatic rings. The van der Waals surface area contributed by atoms with Gasteiger partial charge in [0.1, 0.15) is 5.01 Å². The Labute approximate surface area is 122 Å². The molecular weight excluding hydrogens is 296 g/mol. The Bertz CT molecular complexity index is 624. The van der Waals surface area contributed by atoms with Gasteiger partial charge in [-0.3, -0.25) is 0 Å². The lowest BCUT2D eigenvalue weighted by atomic mass is 10.3. The molecule has 2 aromatic rings. The Kier molecular flexibility index (Phi) is 5.18. The largest absolute Gasteiger partial charge is 0.313 e. The molecule has 2 rings (SSSR count). The van der Waals surface area contributed by atoms with E-state index in [-0.39, 0.29) is 11.6 Å². The summed E-state index contributed by atoms with van der Waals surface area (Å²) in [5.41, 5.74) is 0.950. The maximum Gasteiger partial charge on any atom is 0.258 e. The first-order valence-corrected chi connectivity index (χ1v) is 8.52. The van der Waals surface area contributed by atoms with E-state index in [9.17, 15) is 8.42 Å². The van der Waals surface area contributed by atoms with Crippen LogP contribution >= 0.6 is 11.3 Å². The lowest BCUT2D eigenvalue weighted by molar-refractivity contribution is 0.577. The maximum absolute atomic E-state index is 12.0. The molecule has 0 bridgehead atoms. The Hall–Kier alpha value is -1.35. The summed E-state index contributed by atoms with van der Waals surface area (Å²) in [4.78, 5) is 8.02. The Morgan fingerprint density at radius 3 is 2.70 bits per heavy atom. The van der Waals surface area contributed by atoms with Crippen molar-refractivity contribution in [2.45, 2.75) is 25.0 Å². The first-order chi connectivity index (χ1) is 9.62. The zero-order valence-corrected chi connectivity index (χ0v) is 12.7. The number of thiazole rings is 1. The summed E-state index contributed by atoms with van der Waals surface area (Å²) >= 11 is 1.40. The number of rotatable bonds is 7. The van der Waals surface area contributed by atoms with Crippen molar-refractivity contribution in [3.8, 4) is 0 Å². The molecule has 0 amide bonds. The highest BCUT2D eigenvalue weighted by Gasteiger charge is 2.15. The predicted molar refractivity (Wildman–Crippen MR) is 77.8 cm³/mol. The van der Waals surface area contributed by atoms with Gasteiger partial charge in [0.05, 0.1) is 6.54 Å². The lowest BCUT2D eigenvalue weighted by Crippen LogP contribution is -2.24. The molecule has 6 nitrogen and oxygen atoms in total. The molecule has 20 heavy (non-hydrogen) atoms. The smallest absolute Gasteiger partial charge is 0.258 e. The Balaban J connectivity index is 2.01. The highest BCUT2D eigenvalue weighted by atomic mass is 32.2. The van der Waals surface area contributed by atoms with Crippen molar-refractivity contribution < 1.29 is 8.42 Å². The molecule has 0 fully saturated rings. The molecule has 0 radical (unpaired) electrons. The van der Waals surface area contributed by atoms with E-state index >= 15 is 0 Å². The number of hydrogen-bond donors (Lipinski definition) is 2. The van der Waals surface area contributed by atoms with E-state index in [1.54, 1.807) is 23.8 Å². The average molecular weight is 312 g/mol. The number of aromatic nitrogens is 2. The summed E-state index contributed by atoms with van der Waals surface area (Å²) < 4.78 is 26.6. The molecule has 2 aromatic heterocycles. The number of pyridine rings is 1. The fourth-order valence-electron chi connectivity index (χ4n) is 1.51. The second-order valence-corrected chi connectivity index (χ2v) is 6.73. The van der Waals surface area contributed by atoms with Crippen molar-refractivity contribution in [1.29, 1.82) is 0 Å². The van der Waals surface area contributed by atoms with Gasteiger partial charge in [0.15, 0.2) is 5.03 Å². The van der Waals surface area contributed by atoms with Gasteiger partial charge in [-0.15, -0.1) is 11.3 Å². The van der Waals surface area contributed by atoms with E-state index < -0.39 is 10.0 Å². The minimum absolute atomic E-state index is 0.0225. The van der Waals surface area contributed by atoms with E-state index in [2.05, 4.69) is 20.0 Å². The summed E-state index contributed by atoms with van der Waals surface area (Å²) in [5, 5.41) is 5.70. The highest BCUT2D eigenvalue weighted by molar-refractivity contribution is 7.89. The Morgan fingerprint density at radius 1 is 1.25 bits per heavy atom. The molecule has 0 unspecified atom stereocenters. The van der Waals surface area contributed by atoms with E-state index in [0.717, 1.165) is 17.1 Å². The monoisotopic (exact) mass is 312 g/mol. The van der Waals surface area contributed by atoms with Gasteiger partial charge in [-0.2, -0.15) is 0 Å². The van der Waals surface area contributed by atoms with Crippen LogP contribution in [0.1, 0.15) is 17.5 Å². The molecule has 0 aromatic carbocycles. The van der Waals surface area contributed by atoms with Crippen molar-refractivity contribution in [2.24, 2.45) is 0 Å². The van der Waals surface area contributed by atoms with Crippen LogP contribution in [0.25, 0.3) is 0 Å². The van der Waals surface area contributed by atoms with Crippen molar-refractivity contribution in [3.63, 3.8) is 0 Å². The topological polar surface area (TPSA) is 84.0 Å². The lowest BCUT2D eigenvalue weighted by Gasteiger charge is -2.06. The van der Waals surface area contributed by atoms with Crippen molar-refractivity contribution >= 4 is 21.4 Å². The molecular formula is C12H16N4O2S2. The zero-order chi connectivity index (χ0) is 14.4. The van der Waals surface area contributed by atoms with E-state index in [0.29, 0.717) is 6.54 Å². The fourth-order valence-corrected chi connectivity index (χ4v) is 3.08. The third kappa shape index (κ3) is 4.07. The Morgan fingerprint density at radius 2 is 2.10 bits per heavy atom. The van der Waals surface area contributed by atoms with E-state index in [4.69, 9.17) is 0 Å². The van der Waals surface area contributed by atoms with Crippen LogP contribution in [0.4, 0.5) is 0 Å². The summed E-state index contributed by atoms with van der Waals surface area (Å²) in [6, 6.07) is 3.27. The minimum atomic E-state index is -3.59. The summed E-state index contributed by atoms with van der Waals surface area (Å²) in [6.45, 7) is 3.72. The maximum atomic E-state index is 12.0. The third-order valence-corrected chi connectivity index (χ3v) is 4.65. The summed E-state index contributed by atoms with van der Waals surface area (Å²) in [7, 11) is -3.59. The van der Waals surface area contributed by atoms with Crippen LogP contribution < -0.4 is 10.0 Å². The molecule has 2 heterocycles. The van der Waals surface area contributed by atoms with Gasteiger partial charge in [0.25, 0.3) is 10.0 Å². The molecule has 0 atom stereocenters. The van der Waals surface area contributed by atoms with Crippen LogP contribution in [0.15, 0.2) is 34.9 Å². The molecule has 0 aliphatic heterocycles. The molecule has 0 aliphatic carbocycles. The van der Waals surface area contributed by atoms with Crippen LogP contribution in [-0.2, 0) is 23.1 Å².